The van der Waals surface area contributed by atoms with E-state index in [1.807, 2.05) is 0 Å². The van der Waals surface area contributed by atoms with E-state index in [0.717, 1.165) is 0 Å². The molecule has 1 aromatic rings. The molecule has 0 saturated heterocycles. The molecular weight excluding hydrogens is 270 g/mol. The Hall–Kier alpha value is -1.30. The second kappa shape index (κ2) is 6.23. The van der Waals surface area contributed by atoms with Crippen molar-refractivity contribution in [3.63, 3.8) is 0 Å². The number of carbonyl (C=O) groups is 1. The highest BCUT2D eigenvalue weighted by Crippen LogP contribution is 2.18. The largest absolute Gasteiger partial charge is 0.444 e. The third-order valence-corrected chi connectivity index (χ3v) is 2.43. The molecule has 6 heteroatoms. The number of hydrogen-bond acceptors (Lipinski definition) is 4. The van der Waals surface area contributed by atoms with Crippen molar-refractivity contribution in [1.82, 2.24) is 5.32 Å². The first kappa shape index (κ1) is 15.8. The molecule has 5 nitrogen and oxygen atoms in total. The van der Waals surface area contributed by atoms with Gasteiger partial charge in [0, 0.05) is 5.02 Å². The maximum atomic E-state index is 11.4. The molecule has 0 bridgehead atoms. The van der Waals surface area contributed by atoms with Crippen LogP contribution in [-0.2, 0) is 4.74 Å². The fraction of sp³-hybridized carbons (Fsp3) is 0.462. The van der Waals surface area contributed by atoms with Gasteiger partial charge in [-0.15, -0.1) is 0 Å². The maximum absolute atomic E-state index is 11.4. The predicted octanol–water partition coefficient (Wildman–Crippen LogP) is 2.22. The van der Waals surface area contributed by atoms with Crippen LogP contribution in [0.1, 0.15) is 32.4 Å². The SMILES string of the molecule is CC(C)(C)OC(=O)N[C@@H](O)C(O)c1ccc(Cl)cc1. The van der Waals surface area contributed by atoms with Crippen LogP contribution in [-0.4, -0.2) is 28.1 Å². The normalized spacial score (nSPS) is 14.6. The molecule has 0 radical (unpaired) electrons. The lowest BCUT2D eigenvalue weighted by molar-refractivity contribution is -0.0154. The van der Waals surface area contributed by atoms with Crippen molar-refractivity contribution in [2.45, 2.75) is 38.7 Å². The average molecular weight is 288 g/mol. The zero-order valence-corrected chi connectivity index (χ0v) is 11.8. The molecule has 0 fully saturated rings. The Morgan fingerprint density at radius 2 is 1.79 bits per heavy atom. The van der Waals surface area contributed by atoms with E-state index in [2.05, 4.69) is 5.32 Å². The number of aliphatic hydroxyl groups is 2. The summed E-state index contributed by atoms with van der Waals surface area (Å²) in [5, 5.41) is 22.3. The van der Waals surface area contributed by atoms with Crippen LogP contribution in [0.25, 0.3) is 0 Å². The van der Waals surface area contributed by atoms with Crippen molar-refractivity contribution < 1.29 is 19.7 Å². The number of nitrogens with one attached hydrogen (secondary N) is 1. The molecule has 3 N–H and O–H groups in total. The van der Waals surface area contributed by atoms with E-state index >= 15 is 0 Å². The number of alkyl carbamates (subject to hydrolysis) is 1. The third-order valence-electron chi connectivity index (χ3n) is 2.18. The van der Waals surface area contributed by atoms with E-state index in [-0.39, 0.29) is 0 Å². The molecule has 1 amide bonds. The molecule has 19 heavy (non-hydrogen) atoms. The van der Waals surface area contributed by atoms with Crippen molar-refractivity contribution in [2.24, 2.45) is 0 Å². The van der Waals surface area contributed by atoms with Crippen LogP contribution in [0.4, 0.5) is 4.79 Å². The summed E-state index contributed by atoms with van der Waals surface area (Å²) in [7, 11) is 0. The molecule has 0 aromatic heterocycles. The summed E-state index contributed by atoms with van der Waals surface area (Å²) in [4.78, 5) is 11.4. The molecule has 1 aromatic carbocycles. The highest BCUT2D eigenvalue weighted by molar-refractivity contribution is 6.30. The van der Waals surface area contributed by atoms with Crippen LogP contribution in [0.2, 0.25) is 5.02 Å². The lowest BCUT2D eigenvalue weighted by Gasteiger charge is -2.23. The first-order valence-electron chi connectivity index (χ1n) is 5.80. The number of carbonyl (C=O) groups excluding carboxylic acids is 1. The van der Waals surface area contributed by atoms with E-state index in [4.69, 9.17) is 16.3 Å². The number of ether oxygens (including phenoxy) is 1. The highest BCUT2D eigenvalue weighted by atomic mass is 35.5. The molecule has 2 atom stereocenters. The standard InChI is InChI=1S/C13H18ClNO4/c1-13(2,3)19-12(18)15-11(17)10(16)8-4-6-9(14)7-5-8/h4-7,10-11,16-17H,1-3H3,(H,15,18)/t10?,11-/m0/s1. The Morgan fingerprint density at radius 3 is 2.26 bits per heavy atom. The van der Waals surface area contributed by atoms with Crippen LogP contribution in [0.5, 0.6) is 0 Å². The number of halogens is 1. The van der Waals surface area contributed by atoms with Gasteiger partial charge in [-0.05, 0) is 38.5 Å². The summed E-state index contributed by atoms with van der Waals surface area (Å²) in [6.07, 6.45) is -3.52. The summed E-state index contributed by atoms with van der Waals surface area (Å²) >= 11 is 5.72. The number of amides is 1. The summed E-state index contributed by atoms with van der Waals surface area (Å²) in [5.74, 6) is 0. The zero-order chi connectivity index (χ0) is 14.6. The van der Waals surface area contributed by atoms with Crippen LogP contribution >= 0.6 is 11.6 Å². The Labute approximate surface area is 117 Å². The lowest BCUT2D eigenvalue weighted by Crippen LogP contribution is -2.42. The molecular formula is C13H18ClNO4. The van der Waals surface area contributed by atoms with Crippen LogP contribution in [0.15, 0.2) is 24.3 Å². The number of hydrogen-bond donors (Lipinski definition) is 3. The van der Waals surface area contributed by atoms with Gasteiger partial charge in [-0.1, -0.05) is 23.7 Å². The molecule has 0 saturated carbocycles. The van der Waals surface area contributed by atoms with Gasteiger partial charge in [-0.3, -0.25) is 5.32 Å². The van der Waals surface area contributed by atoms with Gasteiger partial charge in [0.1, 0.15) is 11.7 Å². The van der Waals surface area contributed by atoms with Gasteiger partial charge in [-0.2, -0.15) is 0 Å². The molecule has 1 rings (SSSR count). The van der Waals surface area contributed by atoms with Gasteiger partial charge < -0.3 is 14.9 Å². The second-order valence-corrected chi connectivity index (χ2v) is 5.52. The fourth-order valence-corrected chi connectivity index (χ4v) is 1.48. The first-order valence-corrected chi connectivity index (χ1v) is 6.18. The highest BCUT2D eigenvalue weighted by Gasteiger charge is 2.23. The van der Waals surface area contributed by atoms with Crippen molar-refractivity contribution in [3.05, 3.63) is 34.9 Å². The molecule has 0 aliphatic heterocycles. The van der Waals surface area contributed by atoms with E-state index in [1.165, 1.54) is 0 Å². The Bertz CT molecular complexity index is 427. The number of benzene rings is 1. The van der Waals surface area contributed by atoms with E-state index < -0.39 is 24.0 Å². The molecule has 0 aliphatic carbocycles. The number of aliphatic hydroxyl groups excluding tert-OH is 2. The second-order valence-electron chi connectivity index (χ2n) is 5.09. The lowest BCUT2D eigenvalue weighted by atomic mass is 10.1. The minimum absolute atomic E-state index is 0.438. The van der Waals surface area contributed by atoms with Gasteiger partial charge in [0.2, 0.25) is 0 Å². The first-order chi connectivity index (χ1) is 8.69. The topological polar surface area (TPSA) is 78.8 Å². The molecule has 0 heterocycles. The predicted molar refractivity (Wildman–Crippen MR) is 71.8 cm³/mol. The van der Waals surface area contributed by atoms with E-state index in [1.54, 1.807) is 45.0 Å². The number of rotatable bonds is 3. The van der Waals surface area contributed by atoms with Gasteiger partial charge in [0.25, 0.3) is 0 Å². The Kier molecular flexibility index (Phi) is 5.17. The minimum Gasteiger partial charge on any atom is -0.444 e. The molecule has 1 unspecified atom stereocenters. The average Bonchev–Trinajstić information content (AvgIpc) is 2.26. The van der Waals surface area contributed by atoms with Crippen LogP contribution < -0.4 is 5.32 Å². The van der Waals surface area contributed by atoms with Crippen molar-refractivity contribution in [1.29, 1.82) is 0 Å². The summed E-state index contributed by atoms with van der Waals surface area (Å²) in [5.41, 5.74) is -0.234. The van der Waals surface area contributed by atoms with Crippen molar-refractivity contribution in [3.8, 4) is 0 Å². The summed E-state index contributed by atoms with van der Waals surface area (Å²) in [6, 6.07) is 6.29. The van der Waals surface area contributed by atoms with Gasteiger partial charge in [0.05, 0.1) is 0 Å². The van der Waals surface area contributed by atoms with Gasteiger partial charge in [-0.25, -0.2) is 4.79 Å². The molecule has 0 spiro atoms. The Balaban J connectivity index is 2.60. The summed E-state index contributed by atoms with van der Waals surface area (Å²) in [6.45, 7) is 5.11. The zero-order valence-electron chi connectivity index (χ0n) is 11.1. The third kappa shape index (κ3) is 5.46. The Morgan fingerprint density at radius 1 is 1.26 bits per heavy atom. The van der Waals surface area contributed by atoms with Crippen LogP contribution in [0.3, 0.4) is 0 Å². The smallest absolute Gasteiger partial charge is 0.409 e. The van der Waals surface area contributed by atoms with Gasteiger partial charge in [0.15, 0.2) is 6.23 Å². The van der Waals surface area contributed by atoms with Crippen LogP contribution in [0, 0.1) is 0 Å². The van der Waals surface area contributed by atoms with Gasteiger partial charge >= 0.3 is 6.09 Å². The summed E-state index contributed by atoms with van der Waals surface area (Å²) < 4.78 is 4.97. The fourth-order valence-electron chi connectivity index (χ4n) is 1.35. The van der Waals surface area contributed by atoms with E-state index in [9.17, 15) is 15.0 Å². The molecule has 106 valence electrons. The quantitative estimate of drug-likeness (QED) is 0.745. The van der Waals surface area contributed by atoms with E-state index in [0.29, 0.717) is 10.6 Å². The maximum Gasteiger partial charge on any atom is 0.409 e. The molecule has 0 aliphatic rings. The monoisotopic (exact) mass is 287 g/mol. The van der Waals surface area contributed by atoms with Crippen molar-refractivity contribution >= 4 is 17.7 Å². The minimum atomic E-state index is -1.46. The van der Waals surface area contributed by atoms with Crippen molar-refractivity contribution in [2.75, 3.05) is 0 Å².